The predicted octanol–water partition coefficient (Wildman–Crippen LogP) is 6.54. The third kappa shape index (κ3) is 4.61. The Hall–Kier alpha value is -3.19. The van der Waals surface area contributed by atoms with Gasteiger partial charge < -0.3 is 5.32 Å². The number of carbonyl (C=O) groups is 1. The van der Waals surface area contributed by atoms with Crippen LogP contribution in [0.15, 0.2) is 89.5 Å². The lowest BCUT2D eigenvalue weighted by molar-refractivity contribution is -0.137. The molecule has 3 nitrogen and oxygen atoms in total. The van der Waals surface area contributed by atoms with Crippen LogP contribution in [0.1, 0.15) is 33.1 Å². The topological polar surface area (TPSA) is 42.0 Å². The number of alkyl halides is 3. The van der Waals surface area contributed by atoms with Crippen LogP contribution in [0, 0.1) is 0 Å². The molecule has 156 valence electrons. The van der Waals surface area contributed by atoms with Crippen molar-refractivity contribution in [2.75, 3.05) is 0 Å². The number of benzene rings is 3. The van der Waals surface area contributed by atoms with Crippen molar-refractivity contribution in [3.8, 4) is 0 Å². The van der Waals surface area contributed by atoms with Crippen LogP contribution in [-0.2, 0) is 6.18 Å². The van der Waals surface area contributed by atoms with Crippen molar-refractivity contribution >= 4 is 32.7 Å². The molecule has 0 fully saturated rings. The Labute approximate surface area is 185 Å². The largest absolute Gasteiger partial charge is 0.416 e. The van der Waals surface area contributed by atoms with Crippen LogP contribution in [0.25, 0.3) is 10.9 Å². The molecule has 3 aromatic carbocycles. The summed E-state index contributed by atoms with van der Waals surface area (Å²) in [6.45, 7) is 0. The number of carbonyl (C=O) groups excluding carboxylic acids is 1. The Morgan fingerprint density at radius 3 is 2.39 bits per heavy atom. The van der Waals surface area contributed by atoms with E-state index in [9.17, 15) is 18.0 Å². The summed E-state index contributed by atoms with van der Waals surface area (Å²) in [5.74, 6) is -0.341. The molecule has 0 aliphatic heterocycles. The van der Waals surface area contributed by atoms with E-state index in [4.69, 9.17) is 0 Å². The molecule has 1 unspecified atom stereocenters. The first kappa shape index (κ1) is 21.1. The van der Waals surface area contributed by atoms with E-state index in [0.29, 0.717) is 11.1 Å². The van der Waals surface area contributed by atoms with E-state index >= 15 is 0 Å². The lowest BCUT2D eigenvalue weighted by atomic mass is 9.97. The summed E-state index contributed by atoms with van der Waals surface area (Å²) in [4.78, 5) is 17.3. The van der Waals surface area contributed by atoms with E-state index in [2.05, 4.69) is 26.2 Å². The summed E-state index contributed by atoms with van der Waals surface area (Å²) in [6.07, 6.45) is -2.75. The van der Waals surface area contributed by atoms with Gasteiger partial charge in [-0.3, -0.25) is 9.78 Å². The van der Waals surface area contributed by atoms with E-state index in [1.165, 1.54) is 12.1 Å². The number of nitrogens with zero attached hydrogens (tertiary/aromatic N) is 1. The minimum Gasteiger partial charge on any atom is -0.341 e. The van der Waals surface area contributed by atoms with E-state index in [0.717, 1.165) is 33.1 Å². The maximum absolute atomic E-state index is 13.1. The summed E-state index contributed by atoms with van der Waals surface area (Å²) < 4.78 is 39.7. The Balaban J connectivity index is 1.70. The fourth-order valence-corrected chi connectivity index (χ4v) is 3.86. The van der Waals surface area contributed by atoms with Crippen molar-refractivity contribution in [3.05, 3.63) is 112 Å². The quantitative estimate of drug-likeness (QED) is 0.357. The van der Waals surface area contributed by atoms with Gasteiger partial charge in [0, 0.05) is 21.6 Å². The second-order valence-corrected chi connectivity index (χ2v) is 7.81. The molecule has 0 radical (unpaired) electrons. The van der Waals surface area contributed by atoms with Crippen LogP contribution >= 0.6 is 15.9 Å². The number of pyridine rings is 1. The van der Waals surface area contributed by atoms with Gasteiger partial charge in [0.2, 0.25) is 0 Å². The van der Waals surface area contributed by atoms with Gasteiger partial charge in [-0.05, 0) is 53.6 Å². The highest BCUT2D eigenvalue weighted by molar-refractivity contribution is 9.10. The Morgan fingerprint density at radius 1 is 0.935 bits per heavy atom. The maximum Gasteiger partial charge on any atom is 0.416 e. The number of nitrogens with one attached hydrogen (secondary N) is 1. The molecule has 31 heavy (non-hydrogen) atoms. The third-order valence-corrected chi connectivity index (χ3v) is 5.65. The summed E-state index contributed by atoms with van der Waals surface area (Å²) in [6, 6.07) is 20.3. The first-order valence-electron chi connectivity index (χ1n) is 9.40. The van der Waals surface area contributed by atoms with E-state index in [1.807, 2.05) is 30.3 Å². The molecule has 0 aliphatic rings. The van der Waals surface area contributed by atoms with Crippen molar-refractivity contribution in [3.63, 3.8) is 0 Å². The van der Waals surface area contributed by atoms with Crippen LogP contribution in [0.5, 0.6) is 0 Å². The molecule has 1 amide bonds. The molecule has 1 heterocycles. The maximum atomic E-state index is 13.1. The molecular formula is C24H16BrF3N2O. The molecule has 0 spiro atoms. The number of hydrogen-bond donors (Lipinski definition) is 1. The van der Waals surface area contributed by atoms with Gasteiger partial charge in [0.05, 0.1) is 17.1 Å². The van der Waals surface area contributed by atoms with E-state index in [1.54, 1.807) is 30.5 Å². The van der Waals surface area contributed by atoms with Gasteiger partial charge in [-0.1, -0.05) is 52.3 Å². The molecule has 0 aliphatic carbocycles. The lowest BCUT2D eigenvalue weighted by Gasteiger charge is -2.22. The molecule has 4 rings (SSSR count). The molecule has 7 heteroatoms. The van der Waals surface area contributed by atoms with Crippen molar-refractivity contribution in [2.24, 2.45) is 0 Å². The summed E-state index contributed by atoms with van der Waals surface area (Å²) >= 11 is 3.48. The summed E-state index contributed by atoms with van der Waals surface area (Å²) in [5, 5.41) is 3.78. The SMILES string of the molecule is O=C(NC(c1ccc(C(F)(F)F)cc1)c1ccccc1Br)c1ccc2ncccc2c1. The minimum atomic E-state index is -4.43. The van der Waals surface area contributed by atoms with Crippen LogP contribution in [0.3, 0.4) is 0 Å². The van der Waals surface area contributed by atoms with Gasteiger partial charge in [-0.2, -0.15) is 13.2 Å². The van der Waals surface area contributed by atoms with Crippen molar-refractivity contribution < 1.29 is 18.0 Å². The summed E-state index contributed by atoms with van der Waals surface area (Å²) in [5.41, 5.74) is 1.73. The molecule has 4 aromatic rings. The Kier molecular flexibility index (Phi) is 5.78. The Morgan fingerprint density at radius 2 is 1.68 bits per heavy atom. The highest BCUT2D eigenvalue weighted by Crippen LogP contribution is 2.33. The number of aromatic nitrogens is 1. The van der Waals surface area contributed by atoms with E-state index < -0.39 is 17.8 Å². The van der Waals surface area contributed by atoms with Gasteiger partial charge in [-0.25, -0.2) is 0 Å². The lowest BCUT2D eigenvalue weighted by Crippen LogP contribution is -2.29. The standard InChI is InChI=1S/C24H16BrF3N2O/c25-20-6-2-1-5-19(20)22(15-7-10-18(11-8-15)24(26,27)28)30-23(31)17-9-12-21-16(14-17)4-3-13-29-21/h1-14,22H,(H,30,31). The first-order valence-corrected chi connectivity index (χ1v) is 10.2. The van der Waals surface area contributed by atoms with Gasteiger partial charge in [-0.15, -0.1) is 0 Å². The molecule has 0 bridgehead atoms. The Bertz CT molecular complexity index is 1240. The van der Waals surface area contributed by atoms with Gasteiger partial charge in [0.25, 0.3) is 5.91 Å². The number of amides is 1. The van der Waals surface area contributed by atoms with Gasteiger partial charge >= 0.3 is 6.18 Å². The van der Waals surface area contributed by atoms with Gasteiger partial charge in [0.15, 0.2) is 0 Å². The zero-order valence-electron chi connectivity index (χ0n) is 16.0. The molecule has 0 saturated carbocycles. The van der Waals surface area contributed by atoms with Crippen LogP contribution in [0.4, 0.5) is 13.2 Å². The number of halogens is 4. The monoisotopic (exact) mass is 484 g/mol. The van der Waals surface area contributed by atoms with Crippen molar-refractivity contribution in [1.29, 1.82) is 0 Å². The molecular weight excluding hydrogens is 469 g/mol. The molecule has 0 saturated heterocycles. The fourth-order valence-electron chi connectivity index (χ4n) is 3.35. The fraction of sp³-hybridized carbons (Fsp3) is 0.0833. The third-order valence-electron chi connectivity index (χ3n) is 4.93. The summed E-state index contributed by atoms with van der Waals surface area (Å²) in [7, 11) is 0. The minimum absolute atomic E-state index is 0.341. The first-order chi connectivity index (χ1) is 14.8. The van der Waals surface area contributed by atoms with Gasteiger partial charge in [0.1, 0.15) is 0 Å². The smallest absolute Gasteiger partial charge is 0.341 e. The second kappa shape index (κ2) is 8.51. The average molecular weight is 485 g/mol. The number of rotatable bonds is 4. The number of fused-ring (bicyclic) bond motifs is 1. The highest BCUT2D eigenvalue weighted by Gasteiger charge is 2.30. The van der Waals surface area contributed by atoms with Crippen molar-refractivity contribution in [2.45, 2.75) is 12.2 Å². The van der Waals surface area contributed by atoms with E-state index in [-0.39, 0.29) is 5.91 Å². The zero-order chi connectivity index (χ0) is 22.0. The highest BCUT2D eigenvalue weighted by atomic mass is 79.9. The molecule has 1 aromatic heterocycles. The van der Waals surface area contributed by atoms with Crippen molar-refractivity contribution in [1.82, 2.24) is 10.3 Å². The average Bonchev–Trinajstić information content (AvgIpc) is 2.77. The molecule has 1 N–H and O–H groups in total. The van der Waals surface area contributed by atoms with Crippen LogP contribution in [0.2, 0.25) is 0 Å². The normalized spacial score (nSPS) is 12.5. The molecule has 1 atom stereocenters. The number of hydrogen-bond acceptors (Lipinski definition) is 2. The second-order valence-electron chi connectivity index (χ2n) is 6.96. The zero-order valence-corrected chi connectivity index (χ0v) is 17.6. The van der Waals surface area contributed by atoms with Crippen LogP contribution in [-0.4, -0.2) is 10.9 Å². The predicted molar refractivity (Wildman–Crippen MR) is 117 cm³/mol. The van der Waals surface area contributed by atoms with Crippen LogP contribution < -0.4 is 5.32 Å².